The molecule has 0 aromatic carbocycles. The van der Waals surface area contributed by atoms with Gasteiger partial charge in [-0.15, -0.1) is 0 Å². The summed E-state index contributed by atoms with van der Waals surface area (Å²) < 4.78 is 0. The lowest BCUT2D eigenvalue weighted by molar-refractivity contribution is -0.131. The maximum Gasteiger partial charge on any atom is 0.155 e. The summed E-state index contributed by atoms with van der Waals surface area (Å²) in [5.74, 6) is 3.78. The molecule has 0 N–H and O–H groups in total. The quantitative estimate of drug-likeness (QED) is 0.710. The van der Waals surface area contributed by atoms with Crippen molar-refractivity contribution in [1.29, 1.82) is 0 Å². The van der Waals surface area contributed by atoms with Crippen LogP contribution in [0.2, 0.25) is 0 Å². The number of hydrogen-bond donors (Lipinski definition) is 0. The zero-order valence-electron chi connectivity index (χ0n) is 14.8. The molecule has 4 rings (SSSR count). The Bertz CT molecular complexity index is 576. The summed E-state index contributed by atoms with van der Waals surface area (Å²) in [6, 6.07) is 0. The highest BCUT2D eigenvalue weighted by atomic mass is 16.1. The van der Waals surface area contributed by atoms with Gasteiger partial charge in [0.25, 0.3) is 0 Å². The second-order valence-corrected chi connectivity index (χ2v) is 9.31. The highest BCUT2D eigenvalue weighted by Crippen LogP contribution is 2.66. The lowest BCUT2D eigenvalue weighted by atomic mass is 9.46. The van der Waals surface area contributed by atoms with E-state index < -0.39 is 0 Å². The molecule has 0 unspecified atom stereocenters. The van der Waals surface area contributed by atoms with E-state index in [9.17, 15) is 9.59 Å². The first-order chi connectivity index (χ1) is 10.9. The lowest BCUT2D eigenvalue weighted by Gasteiger charge is -2.58. The van der Waals surface area contributed by atoms with Gasteiger partial charge in [-0.3, -0.25) is 9.59 Å². The molecular weight excluding hydrogens is 284 g/mol. The summed E-state index contributed by atoms with van der Waals surface area (Å²) in [4.78, 5) is 24.0. The molecule has 0 spiro atoms. The maximum atomic E-state index is 12.1. The van der Waals surface area contributed by atoms with E-state index in [0.29, 0.717) is 23.4 Å². The Hall–Kier alpha value is -0.920. The number of allylic oxidation sites excluding steroid dienone is 2. The van der Waals surface area contributed by atoms with Gasteiger partial charge in [0.05, 0.1) is 0 Å². The summed E-state index contributed by atoms with van der Waals surface area (Å²) in [6.45, 7) is 6.62. The highest BCUT2D eigenvalue weighted by Gasteiger charge is 2.60. The minimum absolute atomic E-state index is 0.215. The van der Waals surface area contributed by atoms with E-state index in [2.05, 4.69) is 19.9 Å². The van der Waals surface area contributed by atoms with E-state index in [1.165, 1.54) is 32.1 Å². The van der Waals surface area contributed by atoms with Gasteiger partial charge in [0, 0.05) is 12.3 Å². The second kappa shape index (κ2) is 5.04. The van der Waals surface area contributed by atoms with Crippen LogP contribution in [0.25, 0.3) is 0 Å². The smallest absolute Gasteiger partial charge is 0.155 e. The van der Waals surface area contributed by atoms with Crippen LogP contribution in [0.15, 0.2) is 12.2 Å². The van der Waals surface area contributed by atoms with E-state index in [1.807, 2.05) is 6.08 Å². The molecule has 0 bridgehead atoms. The van der Waals surface area contributed by atoms with Gasteiger partial charge in [-0.1, -0.05) is 19.9 Å². The average Bonchev–Trinajstić information content (AvgIpc) is 2.85. The van der Waals surface area contributed by atoms with Crippen LogP contribution in [-0.4, -0.2) is 11.6 Å². The molecule has 0 radical (unpaired) electrons. The van der Waals surface area contributed by atoms with E-state index in [1.54, 1.807) is 6.92 Å². The zero-order chi connectivity index (χ0) is 16.4. The molecule has 0 amide bonds. The van der Waals surface area contributed by atoms with Crippen LogP contribution in [0.4, 0.5) is 0 Å². The molecule has 0 aliphatic heterocycles. The van der Waals surface area contributed by atoms with Gasteiger partial charge >= 0.3 is 0 Å². The van der Waals surface area contributed by atoms with Crippen LogP contribution < -0.4 is 0 Å². The van der Waals surface area contributed by atoms with Gasteiger partial charge < -0.3 is 0 Å². The predicted molar refractivity (Wildman–Crippen MR) is 90.8 cm³/mol. The third-order valence-corrected chi connectivity index (χ3v) is 8.53. The molecular formula is C21H30O2. The molecule has 0 aromatic rings. The molecule has 0 aromatic heterocycles. The fraction of sp³-hybridized carbons (Fsp3) is 0.810. The molecule has 3 fully saturated rings. The van der Waals surface area contributed by atoms with Crippen molar-refractivity contribution in [2.75, 3.05) is 0 Å². The number of carbonyl (C=O) groups excluding carboxylic acids is 2. The Kier molecular flexibility index (Phi) is 3.42. The topological polar surface area (TPSA) is 34.1 Å². The molecule has 23 heavy (non-hydrogen) atoms. The number of fused-ring (bicyclic) bond motifs is 5. The summed E-state index contributed by atoms with van der Waals surface area (Å²) >= 11 is 0. The van der Waals surface area contributed by atoms with Gasteiger partial charge in [-0.25, -0.2) is 0 Å². The van der Waals surface area contributed by atoms with E-state index in [4.69, 9.17) is 0 Å². The lowest BCUT2D eigenvalue weighted by Crippen LogP contribution is -2.52. The first kappa shape index (κ1) is 15.6. The maximum absolute atomic E-state index is 12.1. The Balaban J connectivity index is 1.66. The van der Waals surface area contributed by atoms with Gasteiger partial charge in [-0.2, -0.15) is 0 Å². The van der Waals surface area contributed by atoms with Crippen LogP contribution in [0.1, 0.15) is 65.7 Å². The van der Waals surface area contributed by atoms with Gasteiger partial charge in [0.2, 0.25) is 0 Å². The third kappa shape index (κ3) is 2.06. The predicted octanol–water partition coefficient (Wildman–Crippen LogP) is 4.58. The monoisotopic (exact) mass is 314 g/mol. The number of carbonyl (C=O) groups is 2. The molecule has 4 aliphatic rings. The first-order valence-corrected chi connectivity index (χ1v) is 9.59. The highest BCUT2D eigenvalue weighted by molar-refractivity contribution is 5.91. The van der Waals surface area contributed by atoms with Crippen molar-refractivity contribution in [2.24, 2.45) is 40.4 Å². The summed E-state index contributed by atoms with van der Waals surface area (Å²) in [6.07, 6.45) is 12.1. The second-order valence-electron chi connectivity index (χ2n) is 9.31. The SMILES string of the molecule is CC(=O)[C@H]1CC[C@H]2[C@@H]3CC[C@@H]4CC(=O)C=C[C@]4(C)[C@H]3CC[C@]12C. The normalized spacial score (nSPS) is 51.8. The largest absolute Gasteiger partial charge is 0.300 e. The van der Waals surface area contributed by atoms with Crippen molar-refractivity contribution in [1.82, 2.24) is 0 Å². The molecule has 4 aliphatic carbocycles. The minimum Gasteiger partial charge on any atom is -0.300 e. The number of hydrogen-bond acceptors (Lipinski definition) is 2. The van der Waals surface area contributed by atoms with Crippen molar-refractivity contribution < 1.29 is 9.59 Å². The van der Waals surface area contributed by atoms with Gasteiger partial charge in [0.15, 0.2) is 5.78 Å². The molecule has 3 saturated carbocycles. The zero-order valence-corrected chi connectivity index (χ0v) is 14.8. The summed E-state index contributed by atoms with van der Waals surface area (Å²) in [5, 5.41) is 0. The Morgan fingerprint density at radius 1 is 1.09 bits per heavy atom. The van der Waals surface area contributed by atoms with E-state index >= 15 is 0 Å². The molecule has 126 valence electrons. The molecule has 0 heterocycles. The molecule has 2 nitrogen and oxygen atoms in total. The van der Waals surface area contributed by atoms with Crippen LogP contribution >= 0.6 is 0 Å². The van der Waals surface area contributed by atoms with Crippen molar-refractivity contribution in [3.8, 4) is 0 Å². The Morgan fingerprint density at radius 2 is 1.87 bits per heavy atom. The summed E-state index contributed by atoms with van der Waals surface area (Å²) in [5.41, 5.74) is 0.455. The third-order valence-electron chi connectivity index (χ3n) is 8.53. The van der Waals surface area contributed by atoms with Crippen molar-refractivity contribution in [2.45, 2.75) is 65.7 Å². The average molecular weight is 314 g/mol. The molecule has 2 heteroatoms. The van der Waals surface area contributed by atoms with E-state index in [-0.39, 0.29) is 10.8 Å². The van der Waals surface area contributed by atoms with Gasteiger partial charge in [0.1, 0.15) is 5.78 Å². The van der Waals surface area contributed by atoms with Crippen molar-refractivity contribution >= 4 is 11.6 Å². The number of Topliss-reactive ketones (excluding diaryl/α,β-unsaturated/α-hetero) is 1. The Labute approximate surface area is 140 Å². The van der Waals surface area contributed by atoms with Crippen LogP contribution in [0, 0.1) is 40.4 Å². The number of rotatable bonds is 1. The van der Waals surface area contributed by atoms with E-state index in [0.717, 1.165) is 30.6 Å². The Morgan fingerprint density at radius 3 is 2.61 bits per heavy atom. The fourth-order valence-electron chi connectivity index (χ4n) is 7.30. The van der Waals surface area contributed by atoms with Crippen molar-refractivity contribution in [3.63, 3.8) is 0 Å². The summed E-state index contributed by atoms with van der Waals surface area (Å²) in [7, 11) is 0. The van der Waals surface area contributed by atoms with Gasteiger partial charge in [-0.05, 0) is 86.0 Å². The number of ketones is 2. The molecule has 7 atom stereocenters. The van der Waals surface area contributed by atoms with Crippen LogP contribution in [0.5, 0.6) is 0 Å². The minimum atomic E-state index is 0.215. The van der Waals surface area contributed by atoms with Crippen molar-refractivity contribution in [3.05, 3.63) is 12.2 Å². The van der Waals surface area contributed by atoms with Crippen LogP contribution in [-0.2, 0) is 9.59 Å². The first-order valence-electron chi connectivity index (χ1n) is 9.59. The fourth-order valence-corrected chi connectivity index (χ4v) is 7.30. The molecule has 0 saturated heterocycles. The standard InChI is InChI=1S/C21H30O2/c1-13(22)17-6-7-18-16-5-4-14-12-15(23)8-10-20(14,2)19(16)9-11-21(17,18)3/h8,10,14,16-19H,4-7,9,11-12H2,1-3H3/t14-,16+,17-,18+,19+,20+,21-/m1/s1. The van der Waals surface area contributed by atoms with Crippen LogP contribution in [0.3, 0.4) is 0 Å².